The Balaban J connectivity index is 0.00000338. The summed E-state index contributed by atoms with van der Waals surface area (Å²) in [6, 6.07) is 10.8. The molecule has 0 bridgehead atoms. The first-order chi connectivity index (χ1) is 12.0. The molecule has 0 aliphatic rings. The molecule has 0 radical (unpaired) electrons. The van der Waals surface area contributed by atoms with Crippen molar-refractivity contribution in [1.29, 1.82) is 0 Å². The van der Waals surface area contributed by atoms with Gasteiger partial charge in [-0.2, -0.15) is 0 Å². The van der Waals surface area contributed by atoms with Crippen molar-refractivity contribution in [3.05, 3.63) is 57.6 Å². The molecular formula is C19H23BrClNO4. The van der Waals surface area contributed by atoms with Crippen LogP contribution >= 0.6 is 28.3 Å². The van der Waals surface area contributed by atoms with Gasteiger partial charge in [0.25, 0.3) is 0 Å². The number of benzene rings is 2. The summed E-state index contributed by atoms with van der Waals surface area (Å²) in [5.41, 5.74) is 2.39. The highest BCUT2D eigenvalue weighted by molar-refractivity contribution is 9.10. The minimum atomic E-state index is -0.915. The normalized spacial score (nSPS) is 10.1. The van der Waals surface area contributed by atoms with Crippen molar-refractivity contribution < 1.29 is 19.4 Å². The monoisotopic (exact) mass is 443 g/mol. The van der Waals surface area contributed by atoms with E-state index in [9.17, 15) is 4.79 Å². The molecule has 0 aliphatic carbocycles. The predicted molar refractivity (Wildman–Crippen MR) is 108 cm³/mol. The highest BCUT2D eigenvalue weighted by Crippen LogP contribution is 2.36. The van der Waals surface area contributed by atoms with Gasteiger partial charge in [-0.3, -0.25) is 0 Å². The van der Waals surface area contributed by atoms with E-state index < -0.39 is 5.97 Å². The van der Waals surface area contributed by atoms with E-state index in [0.717, 1.165) is 27.1 Å². The molecule has 7 heteroatoms. The molecule has 26 heavy (non-hydrogen) atoms. The number of aromatic carboxylic acids is 1. The van der Waals surface area contributed by atoms with Crippen LogP contribution in [0, 0.1) is 0 Å². The van der Waals surface area contributed by atoms with Crippen LogP contribution in [-0.2, 0) is 13.1 Å². The molecular weight excluding hydrogens is 422 g/mol. The third kappa shape index (κ3) is 6.20. The molecule has 0 saturated carbocycles. The molecule has 0 aliphatic heterocycles. The number of ether oxygens (including phenoxy) is 2. The molecule has 0 saturated heterocycles. The summed E-state index contributed by atoms with van der Waals surface area (Å²) in [5, 5.41) is 12.3. The maximum atomic E-state index is 10.9. The van der Waals surface area contributed by atoms with Gasteiger partial charge in [-0.1, -0.05) is 12.1 Å². The third-order valence-corrected chi connectivity index (χ3v) is 4.11. The van der Waals surface area contributed by atoms with Crippen molar-refractivity contribution in [2.24, 2.45) is 0 Å². The SMILES string of the molecule is CCOc1cc(CNCc2ccc(C(=O)O)cc2)cc(Br)c1OCC.Cl. The van der Waals surface area contributed by atoms with E-state index in [2.05, 4.69) is 21.2 Å². The Morgan fingerprint density at radius 1 is 1.04 bits per heavy atom. The van der Waals surface area contributed by atoms with E-state index in [4.69, 9.17) is 14.6 Å². The first-order valence-electron chi connectivity index (χ1n) is 8.16. The summed E-state index contributed by atoms with van der Waals surface area (Å²) in [7, 11) is 0. The van der Waals surface area contributed by atoms with Crippen LogP contribution in [0.3, 0.4) is 0 Å². The maximum Gasteiger partial charge on any atom is 0.335 e. The minimum Gasteiger partial charge on any atom is -0.490 e. The number of halogens is 2. The lowest BCUT2D eigenvalue weighted by atomic mass is 10.1. The molecule has 2 aromatic carbocycles. The fourth-order valence-electron chi connectivity index (χ4n) is 2.39. The summed E-state index contributed by atoms with van der Waals surface area (Å²) in [5.74, 6) is 0.529. The number of rotatable bonds is 9. The Bertz CT molecular complexity index is 722. The van der Waals surface area contributed by atoms with Crippen LogP contribution in [0.4, 0.5) is 0 Å². The molecule has 0 amide bonds. The van der Waals surface area contributed by atoms with Crippen LogP contribution < -0.4 is 14.8 Å². The summed E-state index contributed by atoms with van der Waals surface area (Å²) < 4.78 is 12.2. The molecule has 5 nitrogen and oxygen atoms in total. The average molecular weight is 445 g/mol. The Morgan fingerprint density at radius 3 is 2.23 bits per heavy atom. The Kier molecular flexibility index (Phi) is 9.48. The highest BCUT2D eigenvalue weighted by Gasteiger charge is 2.11. The second kappa shape index (κ2) is 11.1. The van der Waals surface area contributed by atoms with Crippen LogP contribution in [0.5, 0.6) is 11.5 Å². The number of nitrogens with one attached hydrogen (secondary N) is 1. The van der Waals surface area contributed by atoms with Gasteiger partial charge in [-0.15, -0.1) is 12.4 Å². The van der Waals surface area contributed by atoms with E-state index in [-0.39, 0.29) is 12.4 Å². The molecule has 2 N–H and O–H groups in total. The summed E-state index contributed by atoms with van der Waals surface area (Å²) in [4.78, 5) is 10.9. The molecule has 0 aromatic heterocycles. The second-order valence-corrected chi connectivity index (χ2v) is 6.23. The van der Waals surface area contributed by atoms with Gasteiger partial charge in [-0.25, -0.2) is 4.79 Å². The zero-order valence-corrected chi connectivity index (χ0v) is 17.2. The third-order valence-electron chi connectivity index (χ3n) is 3.52. The lowest BCUT2D eigenvalue weighted by Gasteiger charge is -2.15. The van der Waals surface area contributed by atoms with Gasteiger partial charge >= 0.3 is 5.97 Å². The zero-order chi connectivity index (χ0) is 18.2. The predicted octanol–water partition coefficient (Wildman–Crippen LogP) is 4.66. The summed E-state index contributed by atoms with van der Waals surface area (Å²) >= 11 is 3.54. The Labute approximate surface area is 168 Å². The fraction of sp³-hybridized carbons (Fsp3) is 0.316. The van der Waals surface area contributed by atoms with Gasteiger partial charge in [0.2, 0.25) is 0 Å². The fourth-order valence-corrected chi connectivity index (χ4v) is 2.99. The van der Waals surface area contributed by atoms with Crippen molar-refractivity contribution >= 4 is 34.3 Å². The number of hydrogen-bond donors (Lipinski definition) is 2. The van der Waals surface area contributed by atoms with Crippen molar-refractivity contribution in [1.82, 2.24) is 5.32 Å². The van der Waals surface area contributed by atoms with Crippen LogP contribution in [0.15, 0.2) is 40.9 Å². The lowest BCUT2D eigenvalue weighted by Crippen LogP contribution is -2.13. The van der Waals surface area contributed by atoms with Crippen molar-refractivity contribution in [3.63, 3.8) is 0 Å². The molecule has 0 spiro atoms. The van der Waals surface area contributed by atoms with Crippen molar-refractivity contribution in [2.45, 2.75) is 26.9 Å². The van der Waals surface area contributed by atoms with E-state index in [1.54, 1.807) is 12.1 Å². The van der Waals surface area contributed by atoms with Gasteiger partial charge in [0.15, 0.2) is 11.5 Å². The Morgan fingerprint density at radius 2 is 1.65 bits per heavy atom. The zero-order valence-electron chi connectivity index (χ0n) is 14.8. The van der Waals surface area contributed by atoms with Gasteiger partial charge in [0, 0.05) is 13.1 Å². The van der Waals surface area contributed by atoms with Gasteiger partial charge in [-0.05, 0) is 65.2 Å². The van der Waals surface area contributed by atoms with Crippen LogP contribution in [0.25, 0.3) is 0 Å². The van der Waals surface area contributed by atoms with E-state index in [0.29, 0.717) is 31.9 Å². The Hall–Kier alpha value is -1.76. The van der Waals surface area contributed by atoms with Crippen molar-refractivity contribution in [2.75, 3.05) is 13.2 Å². The van der Waals surface area contributed by atoms with Crippen molar-refractivity contribution in [3.8, 4) is 11.5 Å². The standard InChI is InChI=1S/C19H22BrNO4.ClH/c1-3-24-17-10-14(9-16(20)18(17)25-4-2)12-21-11-13-5-7-15(8-6-13)19(22)23;/h5-10,21H,3-4,11-12H2,1-2H3,(H,22,23);1H. The first kappa shape index (κ1) is 22.3. The largest absolute Gasteiger partial charge is 0.490 e. The number of hydrogen-bond acceptors (Lipinski definition) is 4. The topological polar surface area (TPSA) is 67.8 Å². The quantitative estimate of drug-likeness (QED) is 0.589. The minimum absolute atomic E-state index is 0. The molecule has 0 unspecified atom stereocenters. The summed E-state index contributed by atoms with van der Waals surface area (Å²) in [6.07, 6.45) is 0. The maximum absolute atomic E-state index is 10.9. The average Bonchev–Trinajstić information content (AvgIpc) is 2.59. The summed E-state index contributed by atoms with van der Waals surface area (Å²) in [6.45, 7) is 6.32. The lowest BCUT2D eigenvalue weighted by molar-refractivity contribution is 0.0697. The van der Waals surface area contributed by atoms with Crippen LogP contribution in [0.1, 0.15) is 35.3 Å². The van der Waals surface area contributed by atoms with E-state index in [1.165, 1.54) is 0 Å². The molecule has 0 heterocycles. The number of carboxylic acid groups (broad SMARTS) is 1. The van der Waals surface area contributed by atoms with E-state index in [1.807, 2.05) is 38.1 Å². The van der Waals surface area contributed by atoms with Gasteiger partial charge in [0.05, 0.1) is 23.2 Å². The van der Waals surface area contributed by atoms with Gasteiger partial charge < -0.3 is 19.9 Å². The molecule has 0 atom stereocenters. The molecule has 142 valence electrons. The number of carboxylic acids is 1. The molecule has 2 rings (SSSR count). The first-order valence-corrected chi connectivity index (χ1v) is 8.95. The van der Waals surface area contributed by atoms with Crippen LogP contribution in [-0.4, -0.2) is 24.3 Å². The van der Waals surface area contributed by atoms with E-state index >= 15 is 0 Å². The smallest absolute Gasteiger partial charge is 0.335 e. The highest BCUT2D eigenvalue weighted by atomic mass is 79.9. The number of carbonyl (C=O) groups is 1. The molecule has 0 fully saturated rings. The van der Waals surface area contributed by atoms with Gasteiger partial charge in [0.1, 0.15) is 0 Å². The second-order valence-electron chi connectivity index (χ2n) is 5.38. The van der Waals surface area contributed by atoms with Crippen LogP contribution in [0.2, 0.25) is 0 Å². The molecule has 2 aromatic rings.